The Hall–Kier alpha value is -1.50. The van der Waals surface area contributed by atoms with Crippen LogP contribution in [-0.4, -0.2) is 0 Å². The number of rotatable bonds is 3. The number of hydrogen-bond acceptors (Lipinski definition) is 2. The van der Waals surface area contributed by atoms with E-state index in [1.165, 1.54) is 0 Å². The maximum Gasteiger partial charge on any atom is 0.101 e. The van der Waals surface area contributed by atoms with Gasteiger partial charge in [-0.15, -0.1) is 0 Å². The molecule has 2 aromatic carbocycles. The lowest BCUT2D eigenvalue weighted by Gasteiger charge is -2.09. The molecule has 0 aromatic heterocycles. The Kier molecular flexibility index (Phi) is 4.24. The maximum absolute atomic E-state index is 9.06. The van der Waals surface area contributed by atoms with Gasteiger partial charge in [-0.3, -0.25) is 0 Å². The highest BCUT2D eigenvalue weighted by Crippen LogP contribution is 2.22. The minimum absolute atomic E-state index is 0.593. The standard InChI is InChI=1S/C14H10BrClN2/c15-12-5-6-14(11(7-12)8-17)18-9-10-3-1-2-4-13(10)16/h1-7,18H,9H2. The summed E-state index contributed by atoms with van der Waals surface area (Å²) in [7, 11) is 0. The number of nitriles is 1. The molecule has 4 heteroatoms. The van der Waals surface area contributed by atoms with Crippen molar-refractivity contribution in [1.82, 2.24) is 0 Å². The van der Waals surface area contributed by atoms with Crippen molar-refractivity contribution in [2.75, 3.05) is 5.32 Å². The van der Waals surface area contributed by atoms with Crippen LogP contribution in [0.1, 0.15) is 11.1 Å². The van der Waals surface area contributed by atoms with E-state index in [4.69, 9.17) is 16.9 Å². The molecule has 18 heavy (non-hydrogen) atoms. The van der Waals surface area contributed by atoms with E-state index < -0.39 is 0 Å². The molecular formula is C14H10BrClN2. The first kappa shape index (κ1) is 12.9. The lowest BCUT2D eigenvalue weighted by atomic mass is 10.1. The second-order valence-corrected chi connectivity index (χ2v) is 5.07. The Morgan fingerprint density at radius 1 is 1.22 bits per heavy atom. The van der Waals surface area contributed by atoms with Crippen LogP contribution in [0.3, 0.4) is 0 Å². The predicted molar refractivity (Wildman–Crippen MR) is 77.6 cm³/mol. The fourth-order valence-electron chi connectivity index (χ4n) is 1.60. The van der Waals surface area contributed by atoms with E-state index in [1.54, 1.807) is 6.07 Å². The van der Waals surface area contributed by atoms with Gasteiger partial charge in [0.05, 0.1) is 11.3 Å². The van der Waals surface area contributed by atoms with Crippen LogP contribution >= 0.6 is 27.5 Å². The topological polar surface area (TPSA) is 35.8 Å². The normalized spacial score (nSPS) is 9.83. The molecule has 90 valence electrons. The van der Waals surface area contributed by atoms with Crippen molar-refractivity contribution >= 4 is 33.2 Å². The summed E-state index contributed by atoms with van der Waals surface area (Å²) in [6.45, 7) is 0.593. The van der Waals surface area contributed by atoms with Gasteiger partial charge in [-0.25, -0.2) is 0 Å². The summed E-state index contributed by atoms with van der Waals surface area (Å²) in [4.78, 5) is 0. The molecule has 0 spiro atoms. The SMILES string of the molecule is N#Cc1cc(Br)ccc1NCc1ccccc1Cl. The highest BCUT2D eigenvalue weighted by Gasteiger charge is 2.03. The molecular weight excluding hydrogens is 312 g/mol. The first-order valence-electron chi connectivity index (χ1n) is 5.37. The smallest absolute Gasteiger partial charge is 0.101 e. The Bertz CT molecular complexity index is 605. The first-order valence-corrected chi connectivity index (χ1v) is 6.55. The predicted octanol–water partition coefficient (Wildman–Crippen LogP) is 4.59. The number of nitrogens with one attached hydrogen (secondary N) is 1. The van der Waals surface area contributed by atoms with Crippen molar-refractivity contribution in [3.8, 4) is 6.07 Å². The highest BCUT2D eigenvalue weighted by molar-refractivity contribution is 9.10. The van der Waals surface area contributed by atoms with Gasteiger partial charge in [-0.05, 0) is 29.8 Å². The third kappa shape index (κ3) is 3.04. The average Bonchev–Trinajstić information content (AvgIpc) is 2.39. The molecule has 0 unspecified atom stereocenters. The zero-order valence-corrected chi connectivity index (χ0v) is 11.8. The molecule has 2 aromatic rings. The van der Waals surface area contributed by atoms with Crippen molar-refractivity contribution in [2.45, 2.75) is 6.54 Å². The van der Waals surface area contributed by atoms with Crippen LogP contribution in [0.2, 0.25) is 5.02 Å². The second kappa shape index (κ2) is 5.90. The first-order chi connectivity index (χ1) is 8.70. The average molecular weight is 322 g/mol. The van der Waals surface area contributed by atoms with Gasteiger partial charge in [0.15, 0.2) is 0 Å². The largest absolute Gasteiger partial charge is 0.380 e. The summed E-state index contributed by atoms with van der Waals surface area (Å²) in [5.74, 6) is 0. The Labute approximate surface area is 119 Å². The van der Waals surface area contributed by atoms with Gasteiger partial charge < -0.3 is 5.32 Å². The van der Waals surface area contributed by atoms with E-state index in [0.29, 0.717) is 12.1 Å². The summed E-state index contributed by atoms with van der Waals surface area (Å²) in [5, 5.41) is 13.0. The molecule has 0 radical (unpaired) electrons. The van der Waals surface area contributed by atoms with Crippen molar-refractivity contribution < 1.29 is 0 Å². The zero-order chi connectivity index (χ0) is 13.0. The monoisotopic (exact) mass is 320 g/mol. The van der Waals surface area contributed by atoms with Crippen LogP contribution in [0.15, 0.2) is 46.9 Å². The summed E-state index contributed by atoms with van der Waals surface area (Å²) < 4.78 is 0.891. The van der Waals surface area contributed by atoms with Gasteiger partial charge in [0, 0.05) is 16.0 Å². The van der Waals surface area contributed by atoms with Crippen LogP contribution < -0.4 is 5.32 Å². The molecule has 0 bridgehead atoms. The van der Waals surface area contributed by atoms with Crippen LogP contribution in [0.25, 0.3) is 0 Å². The van der Waals surface area contributed by atoms with Gasteiger partial charge in [-0.2, -0.15) is 5.26 Å². The fraction of sp³-hybridized carbons (Fsp3) is 0.0714. The summed E-state index contributed by atoms with van der Waals surface area (Å²) in [6.07, 6.45) is 0. The zero-order valence-electron chi connectivity index (χ0n) is 9.45. The fourth-order valence-corrected chi connectivity index (χ4v) is 2.16. The Morgan fingerprint density at radius 2 is 2.00 bits per heavy atom. The molecule has 0 saturated heterocycles. The quantitative estimate of drug-likeness (QED) is 0.897. The number of halogens is 2. The van der Waals surface area contributed by atoms with E-state index in [0.717, 1.165) is 20.7 Å². The van der Waals surface area contributed by atoms with Crippen LogP contribution in [0.4, 0.5) is 5.69 Å². The third-order valence-electron chi connectivity index (χ3n) is 2.53. The van der Waals surface area contributed by atoms with E-state index in [1.807, 2.05) is 36.4 Å². The van der Waals surface area contributed by atoms with E-state index in [-0.39, 0.29) is 0 Å². The molecule has 0 aliphatic heterocycles. The molecule has 2 rings (SSSR count). The molecule has 0 amide bonds. The molecule has 0 atom stereocenters. The van der Waals surface area contributed by atoms with Crippen molar-refractivity contribution in [3.63, 3.8) is 0 Å². The van der Waals surface area contributed by atoms with Gasteiger partial charge in [0.2, 0.25) is 0 Å². The van der Waals surface area contributed by atoms with Crippen LogP contribution in [0, 0.1) is 11.3 Å². The number of anilines is 1. The van der Waals surface area contributed by atoms with Crippen molar-refractivity contribution in [3.05, 3.63) is 63.1 Å². The second-order valence-electron chi connectivity index (χ2n) is 3.75. The molecule has 0 aliphatic rings. The molecule has 2 nitrogen and oxygen atoms in total. The lowest BCUT2D eigenvalue weighted by Crippen LogP contribution is -2.01. The van der Waals surface area contributed by atoms with E-state index in [9.17, 15) is 0 Å². The minimum atomic E-state index is 0.593. The van der Waals surface area contributed by atoms with Crippen LogP contribution in [0.5, 0.6) is 0 Å². The van der Waals surface area contributed by atoms with Gasteiger partial charge in [0.1, 0.15) is 6.07 Å². The summed E-state index contributed by atoms with van der Waals surface area (Å²) in [6, 6.07) is 15.4. The van der Waals surface area contributed by atoms with Crippen molar-refractivity contribution in [1.29, 1.82) is 5.26 Å². The Morgan fingerprint density at radius 3 is 2.72 bits per heavy atom. The molecule has 0 fully saturated rings. The van der Waals surface area contributed by atoms with Crippen LogP contribution in [-0.2, 0) is 6.54 Å². The van der Waals surface area contributed by atoms with Crippen molar-refractivity contribution in [2.24, 2.45) is 0 Å². The molecule has 0 heterocycles. The molecule has 0 saturated carbocycles. The van der Waals surface area contributed by atoms with E-state index >= 15 is 0 Å². The van der Waals surface area contributed by atoms with Gasteiger partial charge in [-0.1, -0.05) is 45.7 Å². The highest BCUT2D eigenvalue weighted by atomic mass is 79.9. The van der Waals surface area contributed by atoms with Gasteiger partial charge >= 0.3 is 0 Å². The Balaban J connectivity index is 2.16. The number of hydrogen-bond donors (Lipinski definition) is 1. The summed E-state index contributed by atoms with van der Waals surface area (Å²) in [5.41, 5.74) is 2.42. The van der Waals surface area contributed by atoms with Gasteiger partial charge in [0.25, 0.3) is 0 Å². The number of nitrogens with zero attached hydrogens (tertiary/aromatic N) is 1. The maximum atomic E-state index is 9.06. The minimum Gasteiger partial charge on any atom is -0.380 e. The van der Waals surface area contributed by atoms with E-state index in [2.05, 4.69) is 27.3 Å². The lowest BCUT2D eigenvalue weighted by molar-refractivity contribution is 1.15. The molecule has 1 N–H and O–H groups in total. The molecule has 0 aliphatic carbocycles. The number of benzene rings is 2. The summed E-state index contributed by atoms with van der Waals surface area (Å²) >= 11 is 9.42. The third-order valence-corrected chi connectivity index (χ3v) is 3.39.